The van der Waals surface area contributed by atoms with Crippen molar-refractivity contribution in [1.29, 1.82) is 0 Å². The molecule has 4 N–H and O–H groups in total. The lowest BCUT2D eigenvalue weighted by Crippen LogP contribution is -2.52. The molecule has 6 heteroatoms. The Hall–Kier alpha value is -1.17. The van der Waals surface area contributed by atoms with Crippen LogP contribution in [-0.2, 0) is 9.59 Å². The Morgan fingerprint density at radius 1 is 1.20 bits per heavy atom. The summed E-state index contributed by atoms with van der Waals surface area (Å²) in [7, 11) is 0. The highest BCUT2D eigenvalue weighted by Crippen LogP contribution is 2.36. The van der Waals surface area contributed by atoms with Crippen molar-refractivity contribution in [2.45, 2.75) is 46.0 Å². The maximum Gasteiger partial charge on any atom is 0.239 e. The molecule has 1 fully saturated rings. The third-order valence-corrected chi connectivity index (χ3v) is 4.12. The van der Waals surface area contributed by atoms with Gasteiger partial charge in [-0.2, -0.15) is 0 Å². The number of amides is 2. The molecule has 1 aliphatic rings. The van der Waals surface area contributed by atoms with Crippen LogP contribution in [-0.4, -0.2) is 29.9 Å². The molecule has 0 heterocycles. The smallest absolute Gasteiger partial charge is 0.239 e. The molecule has 0 saturated heterocycles. The lowest BCUT2D eigenvalue weighted by molar-refractivity contribution is -0.131. The topological polar surface area (TPSA) is 84.2 Å². The second-order valence-corrected chi connectivity index (χ2v) is 6.33. The van der Waals surface area contributed by atoms with Crippen molar-refractivity contribution in [2.24, 2.45) is 17.1 Å². The normalized spacial score (nSPS) is 17.6. The second kappa shape index (κ2) is 7.57. The van der Waals surface area contributed by atoms with E-state index < -0.39 is 5.41 Å². The van der Waals surface area contributed by atoms with Crippen LogP contribution in [0.4, 0.5) is 0 Å². The van der Waals surface area contributed by atoms with E-state index in [0.29, 0.717) is 25.3 Å². The highest BCUT2D eigenvalue weighted by atomic mass is 32.1. The van der Waals surface area contributed by atoms with E-state index in [-0.39, 0.29) is 23.3 Å². The first-order valence-electron chi connectivity index (χ1n) is 7.23. The molecule has 0 radical (unpaired) electrons. The molecule has 0 aliphatic heterocycles. The van der Waals surface area contributed by atoms with Crippen LogP contribution < -0.4 is 16.4 Å². The summed E-state index contributed by atoms with van der Waals surface area (Å²) < 4.78 is 0. The van der Waals surface area contributed by atoms with Crippen molar-refractivity contribution in [1.82, 2.24) is 10.6 Å². The summed E-state index contributed by atoms with van der Waals surface area (Å²) in [6, 6.07) is 0. The van der Waals surface area contributed by atoms with E-state index >= 15 is 0 Å². The molecule has 0 aromatic heterocycles. The maximum absolute atomic E-state index is 12.3. The van der Waals surface area contributed by atoms with Crippen LogP contribution in [0.15, 0.2) is 0 Å². The van der Waals surface area contributed by atoms with E-state index in [2.05, 4.69) is 10.6 Å². The number of hydrogen-bond acceptors (Lipinski definition) is 3. The minimum atomic E-state index is -0.758. The van der Waals surface area contributed by atoms with Gasteiger partial charge in [-0.1, -0.05) is 45.3 Å². The molecule has 1 saturated carbocycles. The lowest BCUT2D eigenvalue weighted by atomic mass is 9.73. The summed E-state index contributed by atoms with van der Waals surface area (Å²) in [4.78, 5) is 24.2. The van der Waals surface area contributed by atoms with Crippen molar-refractivity contribution < 1.29 is 9.59 Å². The third kappa shape index (κ3) is 4.44. The first-order chi connectivity index (χ1) is 9.38. The molecule has 0 aromatic rings. The SMILES string of the molecule is CC(C)CNC(=O)CNC(=O)C1(C(N)=S)CCCCC1. The molecule has 1 aliphatic carbocycles. The van der Waals surface area contributed by atoms with Gasteiger partial charge in [-0.25, -0.2) is 0 Å². The monoisotopic (exact) mass is 299 g/mol. The average Bonchev–Trinajstić information content (AvgIpc) is 2.42. The molecule has 2 amide bonds. The van der Waals surface area contributed by atoms with E-state index in [0.717, 1.165) is 19.3 Å². The van der Waals surface area contributed by atoms with Gasteiger partial charge in [0.25, 0.3) is 0 Å². The molecule has 5 nitrogen and oxygen atoms in total. The van der Waals surface area contributed by atoms with E-state index in [1.54, 1.807) is 0 Å². The number of hydrogen-bond donors (Lipinski definition) is 3. The predicted octanol–water partition coefficient (Wildman–Crippen LogP) is 1.11. The van der Waals surface area contributed by atoms with Crippen molar-refractivity contribution in [3.8, 4) is 0 Å². The molecule has 0 bridgehead atoms. The van der Waals surface area contributed by atoms with Gasteiger partial charge in [0.15, 0.2) is 0 Å². The zero-order valence-electron chi connectivity index (χ0n) is 12.3. The fourth-order valence-electron chi connectivity index (χ4n) is 2.45. The van der Waals surface area contributed by atoms with Crippen LogP contribution in [0.5, 0.6) is 0 Å². The summed E-state index contributed by atoms with van der Waals surface area (Å²) in [6.07, 6.45) is 4.37. The van der Waals surface area contributed by atoms with Crippen molar-refractivity contribution in [3.05, 3.63) is 0 Å². The first-order valence-corrected chi connectivity index (χ1v) is 7.64. The molecule has 20 heavy (non-hydrogen) atoms. The van der Waals surface area contributed by atoms with Crippen molar-refractivity contribution >= 4 is 29.0 Å². The van der Waals surface area contributed by atoms with E-state index in [4.69, 9.17) is 18.0 Å². The Kier molecular flexibility index (Phi) is 6.39. The Balaban J connectivity index is 2.51. The third-order valence-electron chi connectivity index (χ3n) is 3.73. The Bertz CT molecular complexity index is 377. The number of nitrogens with one attached hydrogen (secondary N) is 2. The van der Waals surface area contributed by atoms with E-state index in [1.807, 2.05) is 13.8 Å². The summed E-state index contributed by atoms with van der Waals surface area (Å²) in [5.74, 6) is 0.00121. The fraction of sp³-hybridized carbons (Fsp3) is 0.786. The molecular formula is C14H25N3O2S. The molecule has 0 unspecified atom stereocenters. The van der Waals surface area contributed by atoms with Crippen molar-refractivity contribution in [2.75, 3.05) is 13.1 Å². The minimum Gasteiger partial charge on any atom is -0.392 e. The standard InChI is InChI=1S/C14H25N3O2S/c1-10(2)8-16-11(18)9-17-13(19)14(12(15)20)6-4-3-5-7-14/h10H,3-9H2,1-2H3,(H2,15,20)(H,16,18)(H,17,19). The van der Waals surface area contributed by atoms with Gasteiger partial charge in [0.1, 0.15) is 0 Å². The van der Waals surface area contributed by atoms with Gasteiger partial charge in [-0.15, -0.1) is 0 Å². The lowest BCUT2D eigenvalue weighted by Gasteiger charge is -2.34. The average molecular weight is 299 g/mol. The van der Waals surface area contributed by atoms with Gasteiger partial charge in [0, 0.05) is 6.54 Å². The Morgan fingerprint density at radius 2 is 1.80 bits per heavy atom. The van der Waals surface area contributed by atoms with Crippen LogP contribution in [0.1, 0.15) is 46.0 Å². The predicted molar refractivity (Wildman–Crippen MR) is 83.2 cm³/mol. The molecule has 114 valence electrons. The summed E-state index contributed by atoms with van der Waals surface area (Å²) in [5, 5.41) is 5.44. The van der Waals surface area contributed by atoms with Crippen LogP contribution in [0.2, 0.25) is 0 Å². The number of carbonyl (C=O) groups excluding carboxylic acids is 2. The van der Waals surface area contributed by atoms with Crippen LogP contribution >= 0.6 is 12.2 Å². The Labute approximate surface area is 126 Å². The summed E-state index contributed by atoms with van der Waals surface area (Å²) in [6.45, 7) is 4.62. The molecular weight excluding hydrogens is 274 g/mol. The van der Waals surface area contributed by atoms with Gasteiger partial charge >= 0.3 is 0 Å². The number of rotatable bonds is 6. The second-order valence-electron chi connectivity index (χ2n) is 5.89. The molecule has 0 aromatic carbocycles. The number of nitrogens with two attached hydrogens (primary N) is 1. The quantitative estimate of drug-likeness (QED) is 0.642. The van der Waals surface area contributed by atoms with Gasteiger partial charge in [0.2, 0.25) is 11.8 Å². The minimum absolute atomic E-state index is 0.0179. The molecule has 1 rings (SSSR count). The van der Waals surface area contributed by atoms with Crippen LogP contribution in [0, 0.1) is 11.3 Å². The van der Waals surface area contributed by atoms with E-state index in [1.165, 1.54) is 0 Å². The van der Waals surface area contributed by atoms with Crippen LogP contribution in [0.25, 0.3) is 0 Å². The first kappa shape index (κ1) is 16.9. The molecule has 0 atom stereocenters. The van der Waals surface area contributed by atoms with Crippen molar-refractivity contribution in [3.63, 3.8) is 0 Å². The zero-order chi connectivity index (χ0) is 15.2. The Morgan fingerprint density at radius 3 is 2.30 bits per heavy atom. The maximum atomic E-state index is 12.3. The van der Waals surface area contributed by atoms with Gasteiger partial charge in [0.05, 0.1) is 16.9 Å². The highest BCUT2D eigenvalue weighted by Gasteiger charge is 2.42. The van der Waals surface area contributed by atoms with Crippen LogP contribution in [0.3, 0.4) is 0 Å². The van der Waals surface area contributed by atoms with Gasteiger partial charge in [-0.05, 0) is 18.8 Å². The summed E-state index contributed by atoms with van der Waals surface area (Å²) in [5.41, 5.74) is 5.02. The fourth-order valence-corrected chi connectivity index (χ4v) is 2.75. The van der Waals surface area contributed by atoms with E-state index in [9.17, 15) is 9.59 Å². The van der Waals surface area contributed by atoms with Gasteiger partial charge < -0.3 is 16.4 Å². The largest absolute Gasteiger partial charge is 0.392 e. The molecule has 0 spiro atoms. The highest BCUT2D eigenvalue weighted by molar-refractivity contribution is 7.80. The number of carbonyl (C=O) groups is 2. The zero-order valence-corrected chi connectivity index (χ0v) is 13.1. The number of thiocarbonyl (C=S) groups is 1. The summed E-state index contributed by atoms with van der Waals surface area (Å²) >= 11 is 5.09. The van der Waals surface area contributed by atoms with Gasteiger partial charge in [-0.3, -0.25) is 9.59 Å².